The number of halogens is 1. The third-order valence-electron chi connectivity index (χ3n) is 2.59. The van der Waals surface area contributed by atoms with Gasteiger partial charge in [0.2, 0.25) is 0 Å². The molecule has 0 aliphatic heterocycles. The highest BCUT2D eigenvalue weighted by Gasteiger charge is 2.11. The van der Waals surface area contributed by atoms with Crippen molar-refractivity contribution in [1.29, 1.82) is 0 Å². The van der Waals surface area contributed by atoms with Crippen LogP contribution >= 0.6 is 15.9 Å². The van der Waals surface area contributed by atoms with Crippen LogP contribution in [0.15, 0.2) is 41.0 Å². The summed E-state index contributed by atoms with van der Waals surface area (Å²) in [5.74, 6) is 0.423. The second kappa shape index (κ2) is 5.84. The van der Waals surface area contributed by atoms with E-state index in [1.54, 1.807) is 31.5 Å². The maximum absolute atomic E-state index is 12.2. The van der Waals surface area contributed by atoms with Crippen LogP contribution in [0.2, 0.25) is 0 Å². The molecule has 0 aliphatic carbocycles. The summed E-state index contributed by atoms with van der Waals surface area (Å²) in [4.78, 5) is 16.3. The van der Waals surface area contributed by atoms with E-state index in [-0.39, 0.29) is 5.91 Å². The number of hydrogen-bond donors (Lipinski definition) is 1. The first-order chi connectivity index (χ1) is 9.10. The van der Waals surface area contributed by atoms with Crippen molar-refractivity contribution >= 4 is 27.5 Å². The number of carbonyl (C=O) groups excluding carboxylic acids is 1. The van der Waals surface area contributed by atoms with Gasteiger partial charge in [0.05, 0.1) is 24.6 Å². The van der Waals surface area contributed by atoms with Crippen LogP contribution in [0.1, 0.15) is 16.1 Å². The normalized spacial score (nSPS) is 10.1. The van der Waals surface area contributed by atoms with Gasteiger partial charge in [0.1, 0.15) is 5.75 Å². The number of carbonyl (C=O) groups is 1. The van der Waals surface area contributed by atoms with E-state index < -0.39 is 0 Å². The lowest BCUT2D eigenvalue weighted by Crippen LogP contribution is -2.13. The summed E-state index contributed by atoms with van der Waals surface area (Å²) in [5, 5.41) is 2.79. The summed E-state index contributed by atoms with van der Waals surface area (Å²) < 4.78 is 5.83. The number of amides is 1. The van der Waals surface area contributed by atoms with Crippen LogP contribution in [-0.2, 0) is 0 Å². The summed E-state index contributed by atoms with van der Waals surface area (Å²) in [6, 6.07) is 8.90. The van der Waals surface area contributed by atoms with Crippen molar-refractivity contribution in [3.05, 3.63) is 52.3 Å². The molecule has 1 N–H and O–H groups in total. The van der Waals surface area contributed by atoms with E-state index in [1.165, 1.54) is 0 Å². The number of nitrogens with zero attached hydrogens (tertiary/aromatic N) is 1. The fourth-order valence-electron chi connectivity index (χ4n) is 1.55. The first-order valence-corrected chi connectivity index (χ1v) is 6.47. The van der Waals surface area contributed by atoms with Crippen LogP contribution in [0, 0.1) is 6.92 Å². The average molecular weight is 321 g/mol. The van der Waals surface area contributed by atoms with Gasteiger partial charge in [0.15, 0.2) is 0 Å². The number of benzene rings is 1. The molecular formula is C14H13BrN2O2. The second-order valence-corrected chi connectivity index (χ2v) is 4.84. The summed E-state index contributed by atoms with van der Waals surface area (Å²) in [5.41, 5.74) is 2.07. The topological polar surface area (TPSA) is 51.2 Å². The Labute approximate surface area is 119 Å². The third-order valence-corrected chi connectivity index (χ3v) is 3.28. The zero-order valence-electron chi connectivity index (χ0n) is 10.6. The average Bonchev–Trinajstić information content (AvgIpc) is 2.42. The highest BCUT2D eigenvalue weighted by atomic mass is 79.9. The van der Waals surface area contributed by atoms with E-state index in [4.69, 9.17) is 4.74 Å². The fraction of sp³-hybridized carbons (Fsp3) is 0.143. The predicted octanol–water partition coefficient (Wildman–Crippen LogP) is 3.41. The molecule has 0 unspecified atom stereocenters. The minimum Gasteiger partial charge on any atom is -0.497 e. The lowest BCUT2D eigenvalue weighted by Gasteiger charge is -2.08. The molecule has 0 radical (unpaired) electrons. The monoisotopic (exact) mass is 320 g/mol. The van der Waals surface area contributed by atoms with Crippen molar-refractivity contribution in [3.8, 4) is 5.75 Å². The van der Waals surface area contributed by atoms with Gasteiger partial charge in [-0.05, 0) is 53.2 Å². The van der Waals surface area contributed by atoms with Crippen LogP contribution in [0.25, 0.3) is 0 Å². The Bertz CT molecular complexity index is 597. The molecule has 2 rings (SSSR count). The Morgan fingerprint density at radius 3 is 2.74 bits per heavy atom. The zero-order valence-corrected chi connectivity index (χ0v) is 12.2. The van der Waals surface area contributed by atoms with Gasteiger partial charge in [-0.2, -0.15) is 0 Å². The zero-order chi connectivity index (χ0) is 13.8. The molecule has 1 aromatic heterocycles. The minimum atomic E-state index is -0.212. The van der Waals surface area contributed by atoms with E-state index in [0.29, 0.717) is 21.5 Å². The molecule has 98 valence electrons. The predicted molar refractivity (Wildman–Crippen MR) is 77.6 cm³/mol. The smallest absolute Gasteiger partial charge is 0.256 e. The number of pyridine rings is 1. The van der Waals surface area contributed by atoms with E-state index in [0.717, 1.165) is 5.69 Å². The van der Waals surface area contributed by atoms with E-state index in [2.05, 4.69) is 26.2 Å². The number of aromatic nitrogens is 1. The highest BCUT2D eigenvalue weighted by molar-refractivity contribution is 9.10. The maximum atomic E-state index is 12.2. The lowest BCUT2D eigenvalue weighted by molar-refractivity contribution is 0.102. The molecule has 5 heteroatoms. The molecule has 0 bridgehead atoms. The Morgan fingerprint density at radius 2 is 2.11 bits per heavy atom. The third kappa shape index (κ3) is 3.32. The van der Waals surface area contributed by atoms with E-state index in [9.17, 15) is 4.79 Å². The van der Waals surface area contributed by atoms with E-state index in [1.807, 2.05) is 19.1 Å². The number of methoxy groups -OCH3 is 1. The molecule has 4 nitrogen and oxygen atoms in total. The molecule has 0 fully saturated rings. The van der Waals surface area contributed by atoms with Crippen molar-refractivity contribution < 1.29 is 9.53 Å². The van der Waals surface area contributed by atoms with Crippen molar-refractivity contribution in [2.45, 2.75) is 6.92 Å². The van der Waals surface area contributed by atoms with Crippen LogP contribution in [0.5, 0.6) is 5.75 Å². The number of aryl methyl sites for hydroxylation is 1. The molecule has 0 saturated carbocycles. The van der Waals surface area contributed by atoms with Gasteiger partial charge in [-0.25, -0.2) is 0 Å². The number of ether oxygens (including phenoxy) is 1. The van der Waals surface area contributed by atoms with Crippen molar-refractivity contribution in [2.75, 3.05) is 12.4 Å². The van der Waals surface area contributed by atoms with Gasteiger partial charge in [-0.3, -0.25) is 9.78 Å². The summed E-state index contributed by atoms with van der Waals surface area (Å²) in [7, 11) is 1.56. The quantitative estimate of drug-likeness (QED) is 0.942. The fourth-order valence-corrected chi connectivity index (χ4v) is 1.97. The molecule has 0 spiro atoms. The summed E-state index contributed by atoms with van der Waals surface area (Å²) in [6.07, 6.45) is 1.63. The van der Waals surface area contributed by atoms with Gasteiger partial charge < -0.3 is 10.1 Å². The Hall–Kier alpha value is -1.88. The van der Waals surface area contributed by atoms with Gasteiger partial charge in [0, 0.05) is 10.2 Å². The lowest BCUT2D eigenvalue weighted by atomic mass is 10.2. The first kappa shape index (κ1) is 13.5. The van der Waals surface area contributed by atoms with Gasteiger partial charge >= 0.3 is 0 Å². The molecule has 0 aliphatic rings. The number of anilines is 1. The maximum Gasteiger partial charge on any atom is 0.256 e. The second-order valence-electron chi connectivity index (χ2n) is 3.99. The van der Waals surface area contributed by atoms with E-state index >= 15 is 0 Å². The van der Waals surface area contributed by atoms with Crippen LogP contribution in [0.3, 0.4) is 0 Å². The first-order valence-electron chi connectivity index (χ1n) is 5.67. The molecule has 1 heterocycles. The molecule has 2 aromatic rings. The van der Waals surface area contributed by atoms with Crippen molar-refractivity contribution in [2.24, 2.45) is 0 Å². The molecule has 1 amide bonds. The number of rotatable bonds is 3. The summed E-state index contributed by atoms with van der Waals surface area (Å²) in [6.45, 7) is 1.89. The van der Waals surface area contributed by atoms with Crippen molar-refractivity contribution in [3.63, 3.8) is 0 Å². The summed E-state index contributed by atoms with van der Waals surface area (Å²) >= 11 is 3.35. The number of nitrogens with one attached hydrogen (secondary N) is 1. The van der Waals surface area contributed by atoms with Gasteiger partial charge in [-0.15, -0.1) is 0 Å². The van der Waals surface area contributed by atoms with Gasteiger partial charge in [-0.1, -0.05) is 0 Å². The van der Waals surface area contributed by atoms with Crippen LogP contribution < -0.4 is 10.1 Å². The molecule has 1 aromatic carbocycles. The SMILES string of the molecule is COc1ccc(Br)c(C(=O)Nc2ccc(C)nc2)c1. The molecule has 0 saturated heterocycles. The molecule has 0 atom stereocenters. The Morgan fingerprint density at radius 1 is 1.32 bits per heavy atom. The Balaban J connectivity index is 2.22. The molecule has 19 heavy (non-hydrogen) atoms. The Kier molecular flexibility index (Phi) is 4.16. The number of hydrogen-bond acceptors (Lipinski definition) is 3. The standard InChI is InChI=1S/C14H13BrN2O2/c1-9-3-4-10(8-16-9)17-14(18)12-7-11(19-2)5-6-13(12)15/h3-8H,1-2H3,(H,17,18). The highest BCUT2D eigenvalue weighted by Crippen LogP contribution is 2.23. The molecular weight excluding hydrogens is 308 g/mol. The largest absolute Gasteiger partial charge is 0.497 e. The van der Waals surface area contributed by atoms with Crippen LogP contribution in [0.4, 0.5) is 5.69 Å². The van der Waals surface area contributed by atoms with Crippen LogP contribution in [-0.4, -0.2) is 18.0 Å². The van der Waals surface area contributed by atoms with Crippen molar-refractivity contribution in [1.82, 2.24) is 4.98 Å². The van der Waals surface area contributed by atoms with Gasteiger partial charge in [0.25, 0.3) is 5.91 Å². The minimum absolute atomic E-state index is 0.212.